The average Bonchev–Trinajstić information content (AvgIpc) is 2.63. The number of nitrogens with zero attached hydrogens (tertiary/aromatic N) is 2. The van der Waals surface area contributed by atoms with Gasteiger partial charge in [0.15, 0.2) is 0 Å². The smallest absolute Gasteiger partial charge is 0.261 e. The zero-order chi connectivity index (χ0) is 17.6. The Hall–Kier alpha value is -2.95. The summed E-state index contributed by atoms with van der Waals surface area (Å²) in [5, 5.41) is 3.47. The van der Waals surface area contributed by atoms with Gasteiger partial charge < -0.3 is 5.32 Å². The summed E-state index contributed by atoms with van der Waals surface area (Å²) < 4.78 is 1.35. The predicted molar refractivity (Wildman–Crippen MR) is 98.4 cm³/mol. The van der Waals surface area contributed by atoms with Gasteiger partial charge in [-0.1, -0.05) is 42.5 Å². The number of aryl methyl sites for hydroxylation is 1. The third-order valence-corrected chi connectivity index (χ3v) is 4.16. The highest BCUT2D eigenvalue weighted by molar-refractivity contribution is 5.78. The lowest BCUT2D eigenvalue weighted by Gasteiger charge is -2.14. The maximum absolute atomic E-state index is 12.4. The molecule has 0 aliphatic heterocycles. The van der Waals surface area contributed by atoms with Gasteiger partial charge in [0, 0.05) is 6.04 Å². The van der Waals surface area contributed by atoms with Crippen LogP contribution in [0.3, 0.4) is 0 Å². The Labute approximate surface area is 146 Å². The van der Waals surface area contributed by atoms with Crippen LogP contribution in [0.25, 0.3) is 10.9 Å². The Bertz CT molecular complexity index is 919. The van der Waals surface area contributed by atoms with Gasteiger partial charge in [-0.15, -0.1) is 0 Å². The standard InChI is InChI=1S/C20H21N3O2/c1-15(11-12-16-7-3-2-4-8-16)22-19(24)13-23-14-21-18-10-6-5-9-17(18)20(23)25/h2-10,14-15H,11-13H2,1H3,(H,22,24). The van der Waals surface area contributed by atoms with Gasteiger partial charge in [-0.25, -0.2) is 4.98 Å². The quantitative estimate of drug-likeness (QED) is 0.753. The third kappa shape index (κ3) is 4.32. The number of hydrogen-bond donors (Lipinski definition) is 1. The normalized spacial score (nSPS) is 12.0. The van der Waals surface area contributed by atoms with Crippen LogP contribution in [-0.4, -0.2) is 21.5 Å². The first-order valence-electron chi connectivity index (χ1n) is 8.41. The number of fused-ring (bicyclic) bond motifs is 1. The number of aromatic nitrogens is 2. The summed E-state index contributed by atoms with van der Waals surface area (Å²) in [5.41, 5.74) is 1.69. The fourth-order valence-corrected chi connectivity index (χ4v) is 2.79. The number of rotatable bonds is 6. The van der Waals surface area contributed by atoms with Crippen LogP contribution >= 0.6 is 0 Å². The van der Waals surface area contributed by atoms with E-state index in [2.05, 4.69) is 22.4 Å². The summed E-state index contributed by atoms with van der Waals surface area (Å²) in [6, 6.07) is 17.3. The molecule has 0 fully saturated rings. The molecular weight excluding hydrogens is 314 g/mol. The monoisotopic (exact) mass is 335 g/mol. The van der Waals surface area contributed by atoms with Crippen LogP contribution in [0.15, 0.2) is 65.7 Å². The largest absolute Gasteiger partial charge is 0.352 e. The summed E-state index contributed by atoms with van der Waals surface area (Å²) >= 11 is 0. The number of amides is 1. The Morgan fingerprint density at radius 1 is 1.12 bits per heavy atom. The van der Waals surface area contributed by atoms with Gasteiger partial charge in [0.05, 0.1) is 17.2 Å². The van der Waals surface area contributed by atoms with Gasteiger partial charge in [0.1, 0.15) is 6.54 Å². The van der Waals surface area contributed by atoms with Crippen LogP contribution in [0, 0.1) is 0 Å². The van der Waals surface area contributed by atoms with Crippen molar-refractivity contribution in [3.63, 3.8) is 0 Å². The van der Waals surface area contributed by atoms with E-state index in [0.717, 1.165) is 12.8 Å². The first-order valence-corrected chi connectivity index (χ1v) is 8.41. The number of nitrogens with one attached hydrogen (secondary N) is 1. The molecule has 0 aliphatic carbocycles. The molecule has 0 radical (unpaired) electrons. The Morgan fingerprint density at radius 3 is 2.64 bits per heavy atom. The van der Waals surface area contributed by atoms with E-state index < -0.39 is 0 Å². The number of hydrogen-bond acceptors (Lipinski definition) is 3. The average molecular weight is 335 g/mol. The first kappa shape index (κ1) is 16.9. The van der Waals surface area contributed by atoms with Crippen LogP contribution in [0.5, 0.6) is 0 Å². The van der Waals surface area contributed by atoms with Crippen molar-refractivity contribution < 1.29 is 4.79 Å². The van der Waals surface area contributed by atoms with E-state index in [-0.39, 0.29) is 24.1 Å². The van der Waals surface area contributed by atoms with Gasteiger partial charge in [-0.05, 0) is 37.5 Å². The van der Waals surface area contributed by atoms with Crippen LogP contribution in [0.1, 0.15) is 18.9 Å². The molecule has 25 heavy (non-hydrogen) atoms. The van der Waals surface area contributed by atoms with Crippen molar-refractivity contribution in [3.05, 3.63) is 76.8 Å². The molecule has 1 aromatic heterocycles. The second-order valence-electron chi connectivity index (χ2n) is 6.19. The molecule has 3 rings (SSSR count). The van der Waals surface area contributed by atoms with Crippen LogP contribution in [-0.2, 0) is 17.8 Å². The molecule has 1 atom stereocenters. The van der Waals surface area contributed by atoms with Crippen molar-refractivity contribution in [2.24, 2.45) is 0 Å². The SMILES string of the molecule is CC(CCc1ccccc1)NC(=O)Cn1cnc2ccccc2c1=O. The van der Waals surface area contributed by atoms with Gasteiger partial charge in [-0.3, -0.25) is 14.2 Å². The summed E-state index contributed by atoms with van der Waals surface area (Å²) in [5.74, 6) is -0.181. The second-order valence-corrected chi connectivity index (χ2v) is 6.19. The number of carbonyl (C=O) groups is 1. The molecule has 1 amide bonds. The maximum atomic E-state index is 12.4. The topological polar surface area (TPSA) is 64.0 Å². The molecule has 3 aromatic rings. The fraction of sp³-hybridized carbons (Fsp3) is 0.250. The van der Waals surface area contributed by atoms with Crippen molar-refractivity contribution in [1.29, 1.82) is 0 Å². The van der Waals surface area contributed by atoms with Gasteiger partial charge >= 0.3 is 0 Å². The van der Waals surface area contributed by atoms with Gasteiger partial charge in [0.25, 0.3) is 5.56 Å². The molecule has 1 N–H and O–H groups in total. The van der Waals surface area contributed by atoms with E-state index in [0.29, 0.717) is 10.9 Å². The third-order valence-electron chi connectivity index (χ3n) is 4.16. The van der Waals surface area contributed by atoms with Crippen molar-refractivity contribution in [3.8, 4) is 0 Å². The first-order chi connectivity index (χ1) is 12.1. The molecule has 0 saturated carbocycles. The van der Waals surface area contributed by atoms with Crippen molar-refractivity contribution in [2.75, 3.05) is 0 Å². The lowest BCUT2D eigenvalue weighted by atomic mass is 10.1. The van der Waals surface area contributed by atoms with Gasteiger partial charge in [0.2, 0.25) is 5.91 Å². The van der Waals surface area contributed by atoms with E-state index in [9.17, 15) is 9.59 Å². The summed E-state index contributed by atoms with van der Waals surface area (Å²) in [7, 11) is 0. The lowest BCUT2D eigenvalue weighted by molar-refractivity contribution is -0.122. The molecule has 0 aliphatic rings. The highest BCUT2D eigenvalue weighted by Crippen LogP contribution is 2.06. The van der Waals surface area contributed by atoms with E-state index in [4.69, 9.17) is 0 Å². The number of benzene rings is 2. The van der Waals surface area contributed by atoms with Crippen molar-refractivity contribution in [1.82, 2.24) is 14.9 Å². The minimum Gasteiger partial charge on any atom is -0.352 e. The van der Waals surface area contributed by atoms with E-state index in [1.807, 2.05) is 31.2 Å². The van der Waals surface area contributed by atoms with Gasteiger partial charge in [-0.2, -0.15) is 0 Å². The van der Waals surface area contributed by atoms with E-state index in [1.54, 1.807) is 18.2 Å². The van der Waals surface area contributed by atoms with Crippen LogP contribution in [0.4, 0.5) is 0 Å². The Morgan fingerprint density at radius 2 is 1.84 bits per heavy atom. The summed E-state index contributed by atoms with van der Waals surface area (Å²) in [6.07, 6.45) is 3.18. The maximum Gasteiger partial charge on any atom is 0.261 e. The summed E-state index contributed by atoms with van der Waals surface area (Å²) in [4.78, 5) is 28.9. The number of para-hydroxylation sites is 1. The zero-order valence-electron chi connectivity index (χ0n) is 14.2. The van der Waals surface area contributed by atoms with Crippen molar-refractivity contribution >= 4 is 16.8 Å². The highest BCUT2D eigenvalue weighted by atomic mass is 16.2. The number of carbonyl (C=O) groups excluding carboxylic acids is 1. The fourth-order valence-electron chi connectivity index (χ4n) is 2.79. The minimum absolute atomic E-state index is 0.0215. The Balaban J connectivity index is 1.59. The molecule has 1 heterocycles. The lowest BCUT2D eigenvalue weighted by Crippen LogP contribution is -2.37. The van der Waals surface area contributed by atoms with Crippen molar-refractivity contribution in [2.45, 2.75) is 32.4 Å². The molecule has 0 bridgehead atoms. The molecule has 0 saturated heterocycles. The van der Waals surface area contributed by atoms with E-state index >= 15 is 0 Å². The minimum atomic E-state index is -0.197. The molecule has 1 unspecified atom stereocenters. The summed E-state index contributed by atoms with van der Waals surface area (Å²) in [6.45, 7) is 1.95. The van der Waals surface area contributed by atoms with Crippen LogP contribution < -0.4 is 10.9 Å². The molecule has 128 valence electrons. The van der Waals surface area contributed by atoms with E-state index in [1.165, 1.54) is 16.5 Å². The van der Waals surface area contributed by atoms with Crippen LogP contribution in [0.2, 0.25) is 0 Å². The molecule has 2 aromatic carbocycles. The predicted octanol–water partition coefficient (Wildman–Crippen LogP) is 2.53. The Kier molecular flexibility index (Phi) is 5.23. The molecule has 5 nitrogen and oxygen atoms in total. The molecule has 0 spiro atoms. The zero-order valence-corrected chi connectivity index (χ0v) is 14.2. The second kappa shape index (κ2) is 7.75. The highest BCUT2D eigenvalue weighted by Gasteiger charge is 2.10. The molecule has 5 heteroatoms. The molecular formula is C20H21N3O2.